The fourth-order valence-electron chi connectivity index (χ4n) is 2.54. The van der Waals surface area contributed by atoms with Gasteiger partial charge in [0.25, 0.3) is 5.91 Å². The van der Waals surface area contributed by atoms with Crippen molar-refractivity contribution in [2.75, 3.05) is 10.6 Å². The van der Waals surface area contributed by atoms with Crippen LogP contribution in [0.25, 0.3) is 0 Å². The van der Waals surface area contributed by atoms with Crippen molar-refractivity contribution in [3.05, 3.63) is 82.5 Å². The Morgan fingerprint density at radius 1 is 1.04 bits per heavy atom. The zero-order valence-electron chi connectivity index (χ0n) is 14.0. The first-order valence-corrected chi connectivity index (χ1v) is 8.27. The molecule has 0 fully saturated rings. The van der Waals surface area contributed by atoms with Crippen molar-refractivity contribution in [2.45, 2.75) is 13.8 Å². The Morgan fingerprint density at radius 2 is 1.80 bits per heavy atom. The summed E-state index contributed by atoms with van der Waals surface area (Å²) >= 11 is 6.31. The minimum Gasteiger partial charge on any atom is -0.339 e. The van der Waals surface area contributed by atoms with Gasteiger partial charge in [0.2, 0.25) is 0 Å². The van der Waals surface area contributed by atoms with E-state index in [1.54, 1.807) is 30.5 Å². The molecule has 0 bridgehead atoms. The van der Waals surface area contributed by atoms with Gasteiger partial charge in [-0.05, 0) is 55.3 Å². The van der Waals surface area contributed by atoms with Gasteiger partial charge in [-0.25, -0.2) is 4.98 Å². The molecule has 0 saturated heterocycles. The number of carbonyl (C=O) groups excluding carboxylic acids is 1. The third-order valence-electron chi connectivity index (χ3n) is 3.74. The number of aryl methyl sites for hydroxylation is 2. The number of aromatic nitrogens is 1. The van der Waals surface area contributed by atoms with Crippen LogP contribution in [0.15, 0.2) is 60.8 Å². The molecular formula is C20H18ClN3O. The van der Waals surface area contributed by atoms with Gasteiger partial charge in [0.05, 0.1) is 22.6 Å². The number of rotatable bonds is 4. The summed E-state index contributed by atoms with van der Waals surface area (Å²) in [6, 6.07) is 16.6. The Bertz CT molecular complexity index is 870. The summed E-state index contributed by atoms with van der Waals surface area (Å²) in [6.07, 6.45) is 1.61. The number of pyridine rings is 1. The first-order valence-electron chi connectivity index (χ1n) is 7.89. The number of anilines is 3. The van der Waals surface area contributed by atoms with Crippen LogP contribution < -0.4 is 10.6 Å². The molecule has 1 amide bonds. The molecule has 0 aliphatic heterocycles. The molecule has 2 aromatic carbocycles. The van der Waals surface area contributed by atoms with Crippen LogP contribution in [0.1, 0.15) is 21.5 Å². The van der Waals surface area contributed by atoms with Crippen LogP contribution in [0.5, 0.6) is 0 Å². The van der Waals surface area contributed by atoms with Crippen molar-refractivity contribution in [3.63, 3.8) is 0 Å². The zero-order chi connectivity index (χ0) is 17.8. The Morgan fingerprint density at radius 3 is 2.44 bits per heavy atom. The van der Waals surface area contributed by atoms with Gasteiger partial charge in [-0.1, -0.05) is 35.9 Å². The number of carbonyl (C=O) groups is 1. The molecule has 25 heavy (non-hydrogen) atoms. The van der Waals surface area contributed by atoms with Gasteiger partial charge in [-0.2, -0.15) is 0 Å². The molecule has 0 spiro atoms. The lowest BCUT2D eigenvalue weighted by molar-refractivity contribution is 0.102. The van der Waals surface area contributed by atoms with Gasteiger partial charge in [-0.3, -0.25) is 4.79 Å². The lowest BCUT2D eigenvalue weighted by Crippen LogP contribution is -2.11. The minimum absolute atomic E-state index is 0.166. The van der Waals surface area contributed by atoms with Crippen LogP contribution >= 0.6 is 11.6 Å². The van der Waals surface area contributed by atoms with Crippen molar-refractivity contribution in [3.8, 4) is 0 Å². The summed E-state index contributed by atoms with van der Waals surface area (Å²) in [5.41, 5.74) is 4.23. The zero-order valence-corrected chi connectivity index (χ0v) is 14.8. The van der Waals surface area contributed by atoms with Crippen LogP contribution in [0.2, 0.25) is 5.02 Å². The fourth-order valence-corrected chi connectivity index (χ4v) is 2.91. The molecule has 4 nitrogen and oxygen atoms in total. The van der Waals surface area contributed by atoms with Crippen LogP contribution in [-0.4, -0.2) is 10.9 Å². The van der Waals surface area contributed by atoms with E-state index in [2.05, 4.69) is 21.7 Å². The molecule has 0 aliphatic carbocycles. The quantitative estimate of drug-likeness (QED) is 0.666. The second-order valence-electron chi connectivity index (χ2n) is 5.82. The molecule has 0 atom stereocenters. The van der Waals surface area contributed by atoms with Crippen LogP contribution in [0.3, 0.4) is 0 Å². The maximum Gasteiger partial charge on any atom is 0.255 e. The Kier molecular flexibility index (Phi) is 5.00. The van der Waals surface area contributed by atoms with E-state index < -0.39 is 0 Å². The van der Waals surface area contributed by atoms with E-state index in [4.69, 9.17) is 11.6 Å². The van der Waals surface area contributed by atoms with Crippen LogP contribution in [0.4, 0.5) is 17.2 Å². The molecule has 0 unspecified atom stereocenters. The molecule has 126 valence electrons. The molecule has 3 aromatic rings. The molecule has 5 heteroatoms. The average Bonchev–Trinajstić information content (AvgIpc) is 2.60. The molecule has 0 saturated carbocycles. The van der Waals surface area contributed by atoms with E-state index in [1.807, 2.05) is 38.1 Å². The number of halogens is 1. The van der Waals surface area contributed by atoms with Crippen LogP contribution in [0, 0.1) is 13.8 Å². The van der Waals surface area contributed by atoms with Gasteiger partial charge in [0, 0.05) is 5.56 Å². The molecular weight excluding hydrogens is 334 g/mol. The van der Waals surface area contributed by atoms with Gasteiger partial charge < -0.3 is 10.6 Å². The third-order valence-corrected chi connectivity index (χ3v) is 4.04. The lowest BCUT2D eigenvalue weighted by atomic mass is 10.1. The fraction of sp³-hybridized carbons (Fsp3) is 0.100. The predicted molar refractivity (Wildman–Crippen MR) is 103 cm³/mol. The van der Waals surface area contributed by atoms with Crippen LogP contribution in [-0.2, 0) is 0 Å². The normalized spacial score (nSPS) is 10.4. The summed E-state index contributed by atoms with van der Waals surface area (Å²) in [4.78, 5) is 16.5. The number of nitrogens with zero attached hydrogens (tertiary/aromatic N) is 1. The van der Waals surface area contributed by atoms with Crippen molar-refractivity contribution in [1.29, 1.82) is 0 Å². The first-order chi connectivity index (χ1) is 12.0. The van der Waals surface area contributed by atoms with Crippen molar-refractivity contribution >= 4 is 34.7 Å². The summed E-state index contributed by atoms with van der Waals surface area (Å²) in [6.45, 7) is 4.00. The summed E-state index contributed by atoms with van der Waals surface area (Å²) < 4.78 is 0. The van der Waals surface area contributed by atoms with E-state index in [-0.39, 0.29) is 5.91 Å². The van der Waals surface area contributed by atoms with E-state index in [9.17, 15) is 4.79 Å². The monoisotopic (exact) mass is 351 g/mol. The van der Waals surface area contributed by atoms with Crippen molar-refractivity contribution < 1.29 is 4.79 Å². The molecule has 1 heterocycles. The highest BCUT2D eigenvalue weighted by Crippen LogP contribution is 2.29. The van der Waals surface area contributed by atoms with E-state index in [1.165, 1.54) is 0 Å². The summed E-state index contributed by atoms with van der Waals surface area (Å²) in [7, 11) is 0. The van der Waals surface area contributed by atoms with Gasteiger partial charge in [0.1, 0.15) is 5.82 Å². The minimum atomic E-state index is -0.166. The predicted octanol–water partition coefficient (Wildman–Crippen LogP) is 5.35. The highest BCUT2D eigenvalue weighted by molar-refractivity contribution is 6.33. The highest BCUT2D eigenvalue weighted by atomic mass is 35.5. The van der Waals surface area contributed by atoms with Gasteiger partial charge in [0.15, 0.2) is 0 Å². The number of hydrogen-bond donors (Lipinski definition) is 2. The highest BCUT2D eigenvalue weighted by Gasteiger charge is 2.08. The lowest BCUT2D eigenvalue weighted by Gasteiger charge is -2.12. The Labute approximate surface area is 151 Å². The van der Waals surface area contributed by atoms with Gasteiger partial charge >= 0.3 is 0 Å². The second-order valence-corrected chi connectivity index (χ2v) is 6.22. The number of hydrogen-bond acceptors (Lipinski definition) is 3. The average molecular weight is 352 g/mol. The Hall–Kier alpha value is -2.85. The van der Waals surface area contributed by atoms with Gasteiger partial charge in [-0.15, -0.1) is 0 Å². The maximum atomic E-state index is 12.1. The second kappa shape index (κ2) is 7.36. The molecule has 3 rings (SSSR count). The summed E-state index contributed by atoms with van der Waals surface area (Å²) in [5.74, 6) is 0.493. The molecule has 1 aromatic heterocycles. The molecule has 2 N–H and O–H groups in total. The van der Waals surface area contributed by atoms with E-state index >= 15 is 0 Å². The SMILES string of the molecule is Cc1cc(C)c(Nc2ccc(NC(=O)c3ccccc3)cn2)c(Cl)c1. The van der Waals surface area contributed by atoms with Crippen molar-refractivity contribution in [2.24, 2.45) is 0 Å². The first kappa shape index (κ1) is 17.0. The summed E-state index contributed by atoms with van der Waals surface area (Å²) in [5, 5.41) is 6.70. The molecule has 0 radical (unpaired) electrons. The number of benzene rings is 2. The largest absolute Gasteiger partial charge is 0.339 e. The third kappa shape index (κ3) is 4.17. The van der Waals surface area contributed by atoms with E-state index in [0.29, 0.717) is 22.1 Å². The van der Waals surface area contributed by atoms with E-state index in [0.717, 1.165) is 16.8 Å². The maximum absolute atomic E-state index is 12.1. The number of amides is 1. The molecule has 0 aliphatic rings. The smallest absolute Gasteiger partial charge is 0.255 e. The Balaban J connectivity index is 1.72. The number of nitrogens with one attached hydrogen (secondary N) is 2. The topological polar surface area (TPSA) is 54.0 Å². The van der Waals surface area contributed by atoms with Crippen molar-refractivity contribution in [1.82, 2.24) is 4.98 Å². The standard InChI is InChI=1S/C20H18ClN3O/c1-13-10-14(2)19(17(21)11-13)24-18-9-8-16(12-22-18)23-20(25)15-6-4-3-5-7-15/h3-12H,1-2H3,(H,22,24)(H,23,25).